The summed E-state index contributed by atoms with van der Waals surface area (Å²) in [7, 11) is 0. The average Bonchev–Trinajstić information content (AvgIpc) is 2.02. The Kier molecular flexibility index (Phi) is 3.22. The zero-order chi connectivity index (χ0) is 9.03. The van der Waals surface area contributed by atoms with Crippen molar-refractivity contribution < 1.29 is 14.4 Å². The largest absolute Gasteiger partial charge is 0.384 e. The second-order valence-corrected chi connectivity index (χ2v) is 5.69. The maximum absolute atomic E-state index is 10.4. The highest BCUT2D eigenvalue weighted by Crippen LogP contribution is 2.51. The van der Waals surface area contributed by atoms with E-state index in [-0.39, 0.29) is 5.75 Å². The Morgan fingerprint density at radius 3 is 2.75 bits per heavy atom. The van der Waals surface area contributed by atoms with Gasteiger partial charge in [0.05, 0.1) is 5.69 Å². The van der Waals surface area contributed by atoms with Gasteiger partial charge in [-0.1, -0.05) is 0 Å². The SMILES string of the molecule is O=P(O)(O)SCc1cnccn1. The Hall–Kier alpha value is -0.420. The van der Waals surface area contributed by atoms with Crippen LogP contribution >= 0.6 is 18.2 Å². The molecule has 0 saturated heterocycles. The molecule has 7 heteroatoms. The van der Waals surface area contributed by atoms with E-state index >= 15 is 0 Å². The molecule has 12 heavy (non-hydrogen) atoms. The van der Waals surface area contributed by atoms with Crippen LogP contribution in [0.25, 0.3) is 0 Å². The molecule has 0 aliphatic rings. The molecule has 0 aromatic carbocycles. The molecule has 0 bridgehead atoms. The second-order valence-electron chi connectivity index (χ2n) is 1.96. The first-order valence-corrected chi connectivity index (χ1v) is 6.23. The van der Waals surface area contributed by atoms with Crippen LogP contribution in [0.15, 0.2) is 18.6 Å². The fourth-order valence-corrected chi connectivity index (χ4v) is 1.91. The molecule has 0 saturated carbocycles. The molecule has 0 atom stereocenters. The molecule has 5 nitrogen and oxygen atoms in total. The molecule has 2 N–H and O–H groups in total. The van der Waals surface area contributed by atoms with Crippen molar-refractivity contribution in [3.63, 3.8) is 0 Å². The van der Waals surface area contributed by atoms with Crippen LogP contribution in [0.5, 0.6) is 0 Å². The van der Waals surface area contributed by atoms with Crippen molar-refractivity contribution in [1.82, 2.24) is 9.97 Å². The Morgan fingerprint density at radius 2 is 2.25 bits per heavy atom. The van der Waals surface area contributed by atoms with Crippen LogP contribution in [0.1, 0.15) is 5.69 Å². The van der Waals surface area contributed by atoms with Crippen molar-refractivity contribution in [2.24, 2.45) is 0 Å². The quantitative estimate of drug-likeness (QED) is 0.712. The first-order chi connectivity index (χ1) is 5.58. The van der Waals surface area contributed by atoms with Crippen molar-refractivity contribution in [3.05, 3.63) is 24.3 Å². The lowest BCUT2D eigenvalue weighted by Gasteiger charge is -2.00. The maximum Gasteiger partial charge on any atom is 0.384 e. The molecule has 66 valence electrons. The molecule has 1 heterocycles. The lowest BCUT2D eigenvalue weighted by molar-refractivity contribution is 0.397. The van der Waals surface area contributed by atoms with Crippen LogP contribution in [0.3, 0.4) is 0 Å². The molecule has 0 fully saturated rings. The van der Waals surface area contributed by atoms with Gasteiger partial charge in [0.15, 0.2) is 0 Å². The van der Waals surface area contributed by atoms with Crippen molar-refractivity contribution >= 4 is 18.2 Å². The Morgan fingerprint density at radius 1 is 1.50 bits per heavy atom. The molecule has 0 spiro atoms. The minimum Gasteiger partial charge on any atom is -0.317 e. The minimum atomic E-state index is -3.98. The topological polar surface area (TPSA) is 83.3 Å². The van der Waals surface area contributed by atoms with E-state index in [2.05, 4.69) is 9.97 Å². The monoisotopic (exact) mass is 206 g/mol. The molecule has 0 aliphatic carbocycles. The highest BCUT2D eigenvalue weighted by molar-refractivity contribution is 8.54. The number of hydrogen-bond donors (Lipinski definition) is 2. The molecule has 0 unspecified atom stereocenters. The van der Waals surface area contributed by atoms with Crippen LogP contribution in [0, 0.1) is 0 Å². The third-order valence-corrected chi connectivity index (χ3v) is 3.15. The summed E-state index contributed by atoms with van der Waals surface area (Å²) in [5, 5.41) is 0. The summed E-state index contributed by atoms with van der Waals surface area (Å²) < 4.78 is 10.4. The Bertz CT molecular complexity index is 288. The van der Waals surface area contributed by atoms with Crippen LogP contribution in [0.4, 0.5) is 0 Å². The molecule has 0 aliphatic heterocycles. The summed E-state index contributed by atoms with van der Waals surface area (Å²) in [5.41, 5.74) is 0.561. The van der Waals surface area contributed by atoms with Gasteiger partial charge in [-0.15, -0.1) is 0 Å². The van der Waals surface area contributed by atoms with Gasteiger partial charge in [0.2, 0.25) is 0 Å². The van der Waals surface area contributed by atoms with Crippen LogP contribution in [0.2, 0.25) is 0 Å². The summed E-state index contributed by atoms with van der Waals surface area (Å²) in [5.74, 6) is 0.179. The number of aromatic nitrogens is 2. The number of nitrogens with zero attached hydrogens (tertiary/aromatic N) is 2. The van der Waals surface area contributed by atoms with E-state index in [9.17, 15) is 4.57 Å². The first-order valence-electron chi connectivity index (χ1n) is 3.03. The molecular weight excluding hydrogens is 199 g/mol. The first kappa shape index (κ1) is 9.67. The van der Waals surface area contributed by atoms with Gasteiger partial charge in [-0.2, -0.15) is 0 Å². The Balaban J connectivity index is 2.50. The predicted octanol–water partition coefficient (Wildman–Crippen LogP) is 0.802. The molecule has 1 aromatic rings. The van der Waals surface area contributed by atoms with E-state index in [0.29, 0.717) is 17.1 Å². The normalized spacial score (nSPS) is 11.5. The average molecular weight is 206 g/mol. The van der Waals surface area contributed by atoms with Gasteiger partial charge in [-0.3, -0.25) is 9.97 Å². The predicted molar refractivity (Wildman–Crippen MR) is 45.4 cm³/mol. The summed E-state index contributed by atoms with van der Waals surface area (Å²) in [4.78, 5) is 24.6. The van der Waals surface area contributed by atoms with Crippen molar-refractivity contribution in [2.75, 3.05) is 0 Å². The molecule has 0 amide bonds. The van der Waals surface area contributed by atoms with Crippen LogP contribution < -0.4 is 0 Å². The number of hydrogen-bond acceptors (Lipinski definition) is 4. The summed E-state index contributed by atoms with van der Waals surface area (Å²) in [6.45, 7) is -3.98. The van der Waals surface area contributed by atoms with Gasteiger partial charge in [0.25, 0.3) is 0 Å². The third kappa shape index (κ3) is 3.82. The summed E-state index contributed by atoms with van der Waals surface area (Å²) >= 11 is 0.551. The van der Waals surface area contributed by atoms with Gasteiger partial charge in [0, 0.05) is 24.3 Å². The van der Waals surface area contributed by atoms with Crippen molar-refractivity contribution in [1.29, 1.82) is 0 Å². The van der Waals surface area contributed by atoms with Crippen molar-refractivity contribution in [2.45, 2.75) is 5.75 Å². The third-order valence-electron chi connectivity index (χ3n) is 0.997. The van der Waals surface area contributed by atoms with Crippen LogP contribution in [-0.2, 0) is 10.3 Å². The lowest BCUT2D eigenvalue weighted by Crippen LogP contribution is -1.86. The molecule has 0 radical (unpaired) electrons. The van der Waals surface area contributed by atoms with Crippen LogP contribution in [-0.4, -0.2) is 19.8 Å². The van der Waals surface area contributed by atoms with Gasteiger partial charge in [-0.25, -0.2) is 4.57 Å². The van der Waals surface area contributed by atoms with E-state index in [4.69, 9.17) is 9.79 Å². The fourth-order valence-electron chi connectivity index (χ4n) is 0.555. The smallest absolute Gasteiger partial charge is 0.317 e. The second kappa shape index (κ2) is 4.00. The molecular formula is C5H7N2O3PS. The zero-order valence-corrected chi connectivity index (χ0v) is 7.70. The van der Waals surface area contributed by atoms with E-state index in [0.717, 1.165) is 0 Å². The maximum atomic E-state index is 10.4. The van der Waals surface area contributed by atoms with E-state index in [1.165, 1.54) is 18.6 Å². The minimum absolute atomic E-state index is 0.179. The Labute approximate surface area is 73.2 Å². The molecule has 1 rings (SSSR count). The van der Waals surface area contributed by atoms with E-state index in [1.807, 2.05) is 0 Å². The van der Waals surface area contributed by atoms with E-state index < -0.39 is 6.80 Å². The highest BCUT2D eigenvalue weighted by atomic mass is 32.7. The summed E-state index contributed by atoms with van der Waals surface area (Å²) in [6.07, 6.45) is 4.46. The highest BCUT2D eigenvalue weighted by Gasteiger charge is 2.13. The number of rotatable bonds is 3. The van der Waals surface area contributed by atoms with E-state index in [1.54, 1.807) is 0 Å². The zero-order valence-electron chi connectivity index (χ0n) is 5.99. The van der Waals surface area contributed by atoms with Gasteiger partial charge >= 0.3 is 6.80 Å². The fraction of sp³-hybridized carbons (Fsp3) is 0.200. The standard InChI is InChI=1S/C5H7N2O3PS/c8-11(9,10)12-4-5-3-6-1-2-7-5/h1-3H,4H2,(H2,8,9,10). The van der Waals surface area contributed by atoms with Gasteiger partial charge in [0.1, 0.15) is 0 Å². The van der Waals surface area contributed by atoms with Gasteiger partial charge < -0.3 is 9.79 Å². The van der Waals surface area contributed by atoms with Crippen molar-refractivity contribution in [3.8, 4) is 0 Å². The molecule has 1 aromatic heterocycles. The lowest BCUT2D eigenvalue weighted by atomic mass is 10.5. The summed E-state index contributed by atoms with van der Waals surface area (Å²) in [6, 6.07) is 0. The van der Waals surface area contributed by atoms with Gasteiger partial charge in [-0.05, 0) is 11.4 Å².